The van der Waals surface area contributed by atoms with Crippen LogP contribution in [0.25, 0.3) is 22.9 Å². The summed E-state index contributed by atoms with van der Waals surface area (Å²) in [5, 5.41) is 31.2. The molecule has 0 aromatic heterocycles. The zero-order valence-corrected chi connectivity index (χ0v) is 28.1. The van der Waals surface area contributed by atoms with E-state index in [0.29, 0.717) is 28.5 Å². The van der Waals surface area contributed by atoms with E-state index in [-0.39, 0.29) is 23.9 Å². The monoisotopic (exact) mass is 633 g/mol. The molecular weight excluding hydrogens is 590 g/mol. The highest BCUT2D eigenvalue weighted by molar-refractivity contribution is 6.09. The molecule has 0 radical (unpaired) electrons. The molecule has 244 valence electrons. The van der Waals surface area contributed by atoms with Gasteiger partial charge in [0.25, 0.3) is 0 Å². The number of aliphatic hydroxyl groups excluding tert-OH is 1. The van der Waals surface area contributed by atoms with Crippen molar-refractivity contribution in [3.8, 4) is 11.8 Å². The molecule has 0 spiro atoms. The van der Waals surface area contributed by atoms with Crippen LogP contribution >= 0.6 is 0 Å². The predicted octanol–water partition coefficient (Wildman–Crippen LogP) is 8.57. The molecule has 0 saturated heterocycles. The number of aromatic hydroxyl groups is 1. The first-order valence-electron chi connectivity index (χ1n) is 16.1. The number of aliphatic hydroxyl groups is 1. The Balaban J connectivity index is 0.000000182. The smallest absolute Gasteiger partial charge is 0.340 e. The molecule has 6 rings (SSSR count). The highest BCUT2D eigenvalue weighted by atomic mass is 16.5. The van der Waals surface area contributed by atoms with E-state index in [4.69, 9.17) is 10.00 Å². The number of carbonyl (C=O) groups excluding carboxylic acids is 3. The molecule has 0 amide bonds. The Bertz CT molecular complexity index is 1890. The topological polar surface area (TPSA) is 125 Å². The maximum absolute atomic E-state index is 12.4. The van der Waals surface area contributed by atoms with Crippen LogP contribution in [0, 0.1) is 39.0 Å². The highest BCUT2D eigenvalue weighted by Gasteiger charge is 2.34. The van der Waals surface area contributed by atoms with Crippen LogP contribution in [-0.2, 0) is 22.6 Å². The lowest BCUT2D eigenvalue weighted by Crippen LogP contribution is -2.14. The third kappa shape index (κ3) is 6.99. The molecule has 7 heteroatoms. The van der Waals surface area contributed by atoms with Crippen molar-refractivity contribution in [2.45, 2.75) is 92.8 Å². The van der Waals surface area contributed by atoms with Gasteiger partial charge in [-0.1, -0.05) is 36.4 Å². The van der Waals surface area contributed by atoms with Crippen molar-refractivity contribution in [1.29, 1.82) is 5.26 Å². The van der Waals surface area contributed by atoms with E-state index in [0.717, 1.165) is 82.0 Å². The van der Waals surface area contributed by atoms with Gasteiger partial charge in [-0.25, -0.2) is 4.79 Å². The first kappa shape index (κ1) is 35.1. The maximum Gasteiger partial charge on any atom is 0.340 e. The number of allylic oxidation sites excluding steroid dienone is 4. The Hall–Kier alpha value is -4.80. The number of hydrogen-bond acceptors (Lipinski definition) is 7. The number of fused-ring (bicyclic) bond motifs is 3. The molecule has 3 aromatic rings. The summed E-state index contributed by atoms with van der Waals surface area (Å²) in [4.78, 5) is 34.5. The number of ketones is 2. The average Bonchev–Trinajstić information content (AvgIpc) is 3.37. The Kier molecular flexibility index (Phi) is 11.3. The van der Waals surface area contributed by atoms with Crippen LogP contribution in [-0.4, -0.2) is 27.7 Å². The maximum atomic E-state index is 12.4. The van der Waals surface area contributed by atoms with E-state index in [1.54, 1.807) is 6.08 Å². The van der Waals surface area contributed by atoms with E-state index < -0.39 is 12.1 Å². The van der Waals surface area contributed by atoms with Gasteiger partial charge in [-0.2, -0.15) is 5.26 Å². The zero-order chi connectivity index (χ0) is 34.4. The summed E-state index contributed by atoms with van der Waals surface area (Å²) >= 11 is 0. The van der Waals surface area contributed by atoms with Crippen LogP contribution in [0.1, 0.15) is 123 Å². The first-order chi connectivity index (χ1) is 22.5. The van der Waals surface area contributed by atoms with Gasteiger partial charge >= 0.3 is 5.97 Å². The molecule has 1 atom stereocenters. The number of nitriles is 1. The third-order valence-electron chi connectivity index (χ3n) is 9.02. The molecule has 2 aliphatic carbocycles. The van der Waals surface area contributed by atoms with Crippen LogP contribution in [0.4, 0.5) is 0 Å². The van der Waals surface area contributed by atoms with Crippen molar-refractivity contribution < 1.29 is 29.3 Å². The Morgan fingerprint density at radius 1 is 0.915 bits per heavy atom. The van der Waals surface area contributed by atoms with Gasteiger partial charge in [0.15, 0.2) is 11.6 Å². The zero-order valence-electron chi connectivity index (χ0n) is 28.1. The van der Waals surface area contributed by atoms with Gasteiger partial charge in [0.2, 0.25) is 6.10 Å². The molecule has 1 unspecified atom stereocenters. The molecule has 0 saturated carbocycles. The number of nitrogens with zero attached hydrogens (tertiary/aromatic N) is 1. The van der Waals surface area contributed by atoms with Gasteiger partial charge in [0.05, 0.1) is 17.7 Å². The highest BCUT2D eigenvalue weighted by Crippen LogP contribution is 2.42. The number of cyclic esters (lactones) is 1. The molecule has 0 fully saturated rings. The first-order valence-corrected chi connectivity index (χ1v) is 16.1. The molecule has 3 aliphatic rings. The van der Waals surface area contributed by atoms with Crippen molar-refractivity contribution in [2.75, 3.05) is 0 Å². The summed E-state index contributed by atoms with van der Waals surface area (Å²) in [5.74, 6) is -0.0471. The van der Waals surface area contributed by atoms with E-state index in [2.05, 4.69) is 0 Å². The minimum Gasteiger partial charge on any atom is -0.507 e. The SMILES string of the molecule is C/C=C/c1c(C)cc2c(CO)c3c(c(O)c2c1C)C(=O)CCC3.C/C=C/c1c(C)cc2c(c1C)C(=O)OC2C#N.O=C1C=CCCC1. The fraction of sp³-hybridized carbons (Fsp3) is 0.350. The summed E-state index contributed by atoms with van der Waals surface area (Å²) in [6, 6.07) is 5.88. The number of ether oxygens (including phenoxy) is 1. The standard InChI is InChI=1S/C20H22O3.C14H13NO2.C6H8O/c1-4-6-13-11(2)9-15-16(10-21)14-7-5-8-17(22)19(14)20(23)18(15)12(13)3;1-4-5-10-8(2)6-11-12(7-15)17-14(16)13(11)9(10)3;7-6-4-2-1-3-5-6/h4,6,9,21,23H,5,7-8,10H2,1-3H3;4-6,12H,1-3H3;2,4H,1,3,5H2/b6-4+;5-4+;. The number of phenols is 1. The van der Waals surface area contributed by atoms with Gasteiger partial charge in [-0.15, -0.1) is 0 Å². The van der Waals surface area contributed by atoms with Gasteiger partial charge in [0, 0.05) is 23.8 Å². The summed E-state index contributed by atoms with van der Waals surface area (Å²) < 4.78 is 5.03. The lowest BCUT2D eigenvalue weighted by molar-refractivity contribution is -0.114. The van der Waals surface area contributed by atoms with Crippen LogP contribution in [0.15, 0.2) is 36.4 Å². The molecule has 47 heavy (non-hydrogen) atoms. The molecule has 1 heterocycles. The molecule has 7 nitrogen and oxygen atoms in total. The van der Waals surface area contributed by atoms with Crippen molar-refractivity contribution in [1.82, 2.24) is 0 Å². The summed E-state index contributed by atoms with van der Waals surface area (Å²) in [7, 11) is 0. The van der Waals surface area contributed by atoms with Gasteiger partial charge < -0.3 is 14.9 Å². The number of benzene rings is 3. The largest absolute Gasteiger partial charge is 0.507 e. The Labute approximate surface area is 276 Å². The third-order valence-corrected chi connectivity index (χ3v) is 9.02. The van der Waals surface area contributed by atoms with Crippen molar-refractivity contribution >= 4 is 40.5 Å². The molecule has 0 bridgehead atoms. The van der Waals surface area contributed by atoms with Crippen molar-refractivity contribution in [2.24, 2.45) is 0 Å². The van der Waals surface area contributed by atoms with Gasteiger partial charge in [-0.05, 0) is 129 Å². The number of esters is 1. The summed E-state index contributed by atoms with van der Waals surface area (Å²) in [6.07, 6.45) is 15.6. The van der Waals surface area contributed by atoms with E-state index >= 15 is 0 Å². The fourth-order valence-corrected chi connectivity index (χ4v) is 6.80. The minimum absolute atomic E-state index is 0.0205. The number of phenolic OH excluding ortho intramolecular Hbond substituents is 1. The predicted molar refractivity (Wildman–Crippen MR) is 185 cm³/mol. The lowest BCUT2D eigenvalue weighted by Gasteiger charge is -2.23. The molecule has 3 aromatic carbocycles. The van der Waals surface area contributed by atoms with Crippen molar-refractivity contribution in [3.63, 3.8) is 0 Å². The molecular formula is C40H43NO6. The molecule has 2 N–H and O–H groups in total. The molecule has 1 aliphatic heterocycles. The van der Waals surface area contributed by atoms with Crippen molar-refractivity contribution in [3.05, 3.63) is 97.6 Å². The Morgan fingerprint density at radius 3 is 2.13 bits per heavy atom. The number of rotatable bonds is 3. The number of carbonyl (C=O) groups is 3. The summed E-state index contributed by atoms with van der Waals surface area (Å²) in [6.45, 7) is 11.6. The average molecular weight is 634 g/mol. The quantitative estimate of drug-likeness (QED) is 0.277. The second kappa shape index (κ2) is 15.2. The number of hydrogen-bond donors (Lipinski definition) is 2. The number of aryl methyl sites for hydroxylation is 3. The fourth-order valence-electron chi connectivity index (χ4n) is 6.80. The van der Waals surface area contributed by atoms with E-state index in [9.17, 15) is 24.6 Å². The normalized spacial score (nSPS) is 16.7. The van der Waals surface area contributed by atoms with Crippen LogP contribution in [0.5, 0.6) is 5.75 Å². The van der Waals surface area contributed by atoms with Crippen LogP contribution < -0.4 is 0 Å². The summed E-state index contributed by atoms with van der Waals surface area (Å²) in [5.41, 5.74) is 9.37. The minimum atomic E-state index is -0.755. The number of Topliss-reactive ketones (excluding diaryl/α,β-unsaturated/α-hetero) is 1. The second-order valence-electron chi connectivity index (χ2n) is 12.1. The Morgan fingerprint density at radius 2 is 1.57 bits per heavy atom. The van der Waals surface area contributed by atoms with Gasteiger partial charge in [0.1, 0.15) is 11.8 Å². The van der Waals surface area contributed by atoms with E-state index in [1.165, 1.54) is 0 Å². The van der Waals surface area contributed by atoms with Crippen LogP contribution in [0.2, 0.25) is 0 Å². The lowest BCUT2D eigenvalue weighted by atomic mass is 9.81. The van der Waals surface area contributed by atoms with Crippen LogP contribution in [0.3, 0.4) is 0 Å². The second-order valence-corrected chi connectivity index (χ2v) is 12.1. The van der Waals surface area contributed by atoms with Gasteiger partial charge in [-0.3, -0.25) is 9.59 Å². The van der Waals surface area contributed by atoms with E-state index in [1.807, 2.05) is 90.1 Å².